The van der Waals surface area contributed by atoms with Gasteiger partial charge in [-0.25, -0.2) is 9.78 Å². The number of carboxylic acid groups (broad SMARTS) is 1. The molecule has 0 bridgehead atoms. The first-order valence-electron chi connectivity index (χ1n) is 7.37. The van der Waals surface area contributed by atoms with Gasteiger partial charge in [-0.15, -0.1) is 11.3 Å². The predicted octanol–water partition coefficient (Wildman–Crippen LogP) is 2.79. The number of hydrogen-bond donors (Lipinski definition) is 3. The number of rotatable bonds is 4. The lowest BCUT2D eigenvalue weighted by molar-refractivity contribution is -0.143. The van der Waals surface area contributed by atoms with Crippen LogP contribution in [0.2, 0.25) is 0 Å². The fourth-order valence-corrected chi connectivity index (χ4v) is 3.56. The van der Waals surface area contributed by atoms with Crippen LogP contribution in [0.4, 0.5) is 9.93 Å². The number of aromatic nitrogens is 1. The molecule has 114 valence electrons. The zero-order valence-electron chi connectivity index (χ0n) is 11.7. The third-order valence-electron chi connectivity index (χ3n) is 4.10. The predicted molar refractivity (Wildman–Crippen MR) is 79.6 cm³/mol. The lowest BCUT2D eigenvalue weighted by Gasteiger charge is -2.27. The molecule has 0 aliphatic heterocycles. The van der Waals surface area contributed by atoms with E-state index in [9.17, 15) is 9.59 Å². The highest BCUT2D eigenvalue weighted by Crippen LogP contribution is 2.40. The number of urea groups is 1. The van der Waals surface area contributed by atoms with Crippen molar-refractivity contribution in [2.75, 3.05) is 5.32 Å². The first-order chi connectivity index (χ1) is 10.1. The van der Waals surface area contributed by atoms with Crippen LogP contribution in [-0.4, -0.2) is 28.1 Å². The zero-order valence-corrected chi connectivity index (χ0v) is 12.5. The van der Waals surface area contributed by atoms with E-state index in [1.54, 1.807) is 0 Å². The maximum Gasteiger partial charge on any atom is 0.321 e. The van der Waals surface area contributed by atoms with E-state index in [2.05, 4.69) is 15.6 Å². The molecule has 1 heterocycles. The number of nitrogens with zero attached hydrogens (tertiary/aromatic N) is 1. The molecule has 7 heteroatoms. The summed E-state index contributed by atoms with van der Waals surface area (Å²) in [6, 6.07) is -0.356. The van der Waals surface area contributed by atoms with Gasteiger partial charge in [0.1, 0.15) is 0 Å². The van der Waals surface area contributed by atoms with E-state index in [1.807, 2.05) is 5.38 Å². The van der Waals surface area contributed by atoms with Crippen LogP contribution in [0.3, 0.4) is 0 Å². The van der Waals surface area contributed by atoms with Gasteiger partial charge in [0.2, 0.25) is 0 Å². The van der Waals surface area contributed by atoms with Crippen LogP contribution in [0.15, 0.2) is 5.38 Å². The average Bonchev–Trinajstić information content (AvgIpc) is 3.20. The first-order valence-corrected chi connectivity index (χ1v) is 8.25. The Balaban J connectivity index is 1.49. The van der Waals surface area contributed by atoms with E-state index in [1.165, 1.54) is 24.2 Å². The zero-order chi connectivity index (χ0) is 14.8. The van der Waals surface area contributed by atoms with E-state index in [-0.39, 0.29) is 18.0 Å². The fourth-order valence-electron chi connectivity index (χ4n) is 2.77. The van der Waals surface area contributed by atoms with Crippen molar-refractivity contribution in [2.24, 2.45) is 5.92 Å². The van der Waals surface area contributed by atoms with Crippen molar-refractivity contribution in [2.45, 2.75) is 50.5 Å². The van der Waals surface area contributed by atoms with Gasteiger partial charge in [0.15, 0.2) is 5.13 Å². The van der Waals surface area contributed by atoms with Gasteiger partial charge in [-0.2, -0.15) is 0 Å². The molecular formula is C14H19N3O3S. The summed E-state index contributed by atoms with van der Waals surface area (Å²) in [5, 5.41) is 17.3. The van der Waals surface area contributed by atoms with Crippen molar-refractivity contribution in [1.82, 2.24) is 10.3 Å². The van der Waals surface area contributed by atoms with Crippen LogP contribution in [0, 0.1) is 5.92 Å². The fraction of sp³-hybridized carbons (Fsp3) is 0.643. The number of amides is 2. The molecule has 2 amide bonds. The number of hydrogen-bond acceptors (Lipinski definition) is 4. The Labute approximate surface area is 127 Å². The molecule has 3 rings (SSSR count). The molecule has 0 radical (unpaired) electrons. The van der Waals surface area contributed by atoms with Gasteiger partial charge in [0.05, 0.1) is 11.6 Å². The third kappa shape index (κ3) is 3.72. The summed E-state index contributed by atoms with van der Waals surface area (Å²) in [4.78, 5) is 27.4. The van der Waals surface area contributed by atoms with Gasteiger partial charge in [0.25, 0.3) is 0 Å². The van der Waals surface area contributed by atoms with Crippen LogP contribution in [0.25, 0.3) is 0 Å². The van der Waals surface area contributed by atoms with Crippen molar-refractivity contribution in [3.63, 3.8) is 0 Å². The second-order valence-electron chi connectivity index (χ2n) is 5.85. The van der Waals surface area contributed by atoms with Gasteiger partial charge >= 0.3 is 12.0 Å². The van der Waals surface area contributed by atoms with Crippen molar-refractivity contribution >= 4 is 28.5 Å². The van der Waals surface area contributed by atoms with Gasteiger partial charge in [-0.05, 0) is 32.1 Å². The summed E-state index contributed by atoms with van der Waals surface area (Å²) < 4.78 is 0. The SMILES string of the molecule is O=C(Nc1nc(C2CC2)cs1)NC1CCCC(C(=O)O)C1. The molecule has 1 aromatic heterocycles. The molecule has 2 fully saturated rings. The Kier molecular flexibility index (Phi) is 4.10. The normalized spacial score (nSPS) is 25.3. The first kappa shape index (κ1) is 14.3. The molecule has 2 saturated carbocycles. The van der Waals surface area contributed by atoms with Crippen LogP contribution in [-0.2, 0) is 4.79 Å². The number of thiazole rings is 1. The van der Waals surface area contributed by atoms with Crippen molar-refractivity contribution in [3.8, 4) is 0 Å². The number of aliphatic carboxylic acids is 1. The smallest absolute Gasteiger partial charge is 0.321 e. The number of carbonyl (C=O) groups excluding carboxylic acids is 1. The minimum atomic E-state index is -0.768. The van der Waals surface area contributed by atoms with Crippen molar-refractivity contribution in [3.05, 3.63) is 11.1 Å². The summed E-state index contributed by atoms with van der Waals surface area (Å²) in [7, 11) is 0. The molecular weight excluding hydrogens is 290 g/mol. The minimum absolute atomic E-state index is 0.0669. The standard InChI is InChI=1S/C14H19N3O3S/c18-12(19)9-2-1-3-10(6-9)15-13(20)17-14-16-11(7-21-14)8-4-5-8/h7-10H,1-6H2,(H,18,19)(H2,15,16,17,20). The summed E-state index contributed by atoms with van der Waals surface area (Å²) in [5.41, 5.74) is 1.07. The van der Waals surface area contributed by atoms with Crippen LogP contribution in [0.1, 0.15) is 50.1 Å². The molecule has 0 aromatic carbocycles. The molecule has 1 aromatic rings. The molecule has 2 aliphatic carbocycles. The van der Waals surface area contributed by atoms with Gasteiger partial charge < -0.3 is 10.4 Å². The van der Waals surface area contributed by atoms with Gasteiger partial charge in [0, 0.05) is 17.3 Å². The van der Waals surface area contributed by atoms with E-state index in [0.29, 0.717) is 23.9 Å². The maximum atomic E-state index is 11.9. The second kappa shape index (κ2) is 6.01. The Morgan fingerprint density at radius 3 is 2.81 bits per heavy atom. The lowest BCUT2D eigenvalue weighted by Crippen LogP contribution is -2.42. The largest absolute Gasteiger partial charge is 0.481 e. The number of carboxylic acids is 1. The second-order valence-corrected chi connectivity index (χ2v) is 6.71. The van der Waals surface area contributed by atoms with Gasteiger partial charge in [-0.1, -0.05) is 6.42 Å². The molecule has 0 spiro atoms. The van der Waals surface area contributed by atoms with E-state index >= 15 is 0 Å². The number of carbonyl (C=O) groups is 2. The Morgan fingerprint density at radius 2 is 2.10 bits per heavy atom. The van der Waals surface area contributed by atoms with Gasteiger partial charge in [-0.3, -0.25) is 10.1 Å². The molecule has 2 aliphatic rings. The van der Waals surface area contributed by atoms with E-state index in [0.717, 1.165) is 18.5 Å². The number of anilines is 1. The highest BCUT2D eigenvalue weighted by molar-refractivity contribution is 7.13. The monoisotopic (exact) mass is 309 g/mol. The lowest BCUT2D eigenvalue weighted by atomic mass is 9.86. The highest BCUT2D eigenvalue weighted by Gasteiger charge is 2.28. The topological polar surface area (TPSA) is 91.3 Å². The molecule has 2 atom stereocenters. The summed E-state index contributed by atoms with van der Waals surface area (Å²) >= 11 is 1.44. The van der Waals surface area contributed by atoms with Crippen LogP contribution < -0.4 is 10.6 Å². The van der Waals surface area contributed by atoms with E-state index < -0.39 is 5.97 Å². The van der Waals surface area contributed by atoms with Crippen LogP contribution in [0.5, 0.6) is 0 Å². The van der Waals surface area contributed by atoms with Crippen molar-refractivity contribution < 1.29 is 14.7 Å². The van der Waals surface area contributed by atoms with Crippen molar-refractivity contribution in [1.29, 1.82) is 0 Å². The molecule has 6 nitrogen and oxygen atoms in total. The molecule has 3 N–H and O–H groups in total. The Hall–Kier alpha value is -1.63. The third-order valence-corrected chi connectivity index (χ3v) is 4.87. The summed E-state index contributed by atoms with van der Waals surface area (Å²) in [5.74, 6) is -0.532. The Bertz CT molecular complexity index is 541. The number of nitrogens with one attached hydrogen (secondary N) is 2. The maximum absolute atomic E-state index is 11.9. The summed E-state index contributed by atoms with van der Waals surface area (Å²) in [6.07, 6.45) is 5.26. The quantitative estimate of drug-likeness (QED) is 0.797. The average molecular weight is 309 g/mol. The van der Waals surface area contributed by atoms with E-state index in [4.69, 9.17) is 5.11 Å². The molecule has 2 unspecified atom stereocenters. The highest BCUT2D eigenvalue weighted by atomic mass is 32.1. The Morgan fingerprint density at radius 1 is 1.29 bits per heavy atom. The summed E-state index contributed by atoms with van der Waals surface area (Å²) in [6.45, 7) is 0. The molecule has 21 heavy (non-hydrogen) atoms. The van der Waals surface area contributed by atoms with Crippen LogP contribution >= 0.6 is 11.3 Å². The molecule has 0 saturated heterocycles. The minimum Gasteiger partial charge on any atom is -0.481 e.